The Kier molecular flexibility index (Phi) is 8.63. The summed E-state index contributed by atoms with van der Waals surface area (Å²) >= 11 is 0. The van der Waals surface area contributed by atoms with Crippen molar-refractivity contribution >= 4 is 24.0 Å². The first kappa shape index (κ1) is 23.3. The van der Waals surface area contributed by atoms with E-state index in [1.807, 2.05) is 12.1 Å². The van der Waals surface area contributed by atoms with Gasteiger partial charge in [-0.25, -0.2) is 0 Å². The fraction of sp³-hybridized carbons (Fsp3) is 0.462. The number of hydrogen-bond donors (Lipinski definition) is 2. The molecule has 166 valence electrons. The predicted molar refractivity (Wildman–Crippen MR) is 124 cm³/mol. The highest BCUT2D eigenvalue weighted by Gasteiger charge is 2.19. The van der Waals surface area contributed by atoms with E-state index in [0.717, 1.165) is 51.4 Å². The summed E-state index contributed by atoms with van der Waals surface area (Å²) < 4.78 is 0. The molecular weight excluding hydrogens is 400 g/mol. The van der Waals surface area contributed by atoms with Crippen LogP contribution in [-0.4, -0.2) is 23.9 Å². The molecule has 2 saturated carbocycles. The molecule has 0 saturated heterocycles. The molecule has 0 aliphatic heterocycles. The van der Waals surface area contributed by atoms with Crippen molar-refractivity contribution in [1.82, 2.24) is 10.6 Å². The minimum absolute atomic E-state index is 0.0484. The van der Waals surface area contributed by atoms with E-state index < -0.39 is 0 Å². The average Bonchev–Trinajstić information content (AvgIpc) is 2.82. The van der Waals surface area contributed by atoms with Crippen molar-refractivity contribution in [3.63, 3.8) is 0 Å². The van der Waals surface area contributed by atoms with Crippen molar-refractivity contribution in [2.24, 2.45) is 0 Å². The third kappa shape index (κ3) is 6.82. The summed E-state index contributed by atoms with van der Waals surface area (Å²) in [7, 11) is 0. The minimum Gasteiger partial charge on any atom is -0.349 e. The monoisotopic (exact) mass is 430 g/mol. The van der Waals surface area contributed by atoms with E-state index in [2.05, 4.69) is 10.6 Å². The number of nitrogens with one attached hydrogen (secondary N) is 2. The molecule has 2 fully saturated rings. The molecular formula is C26H30N4O2. The number of carbonyl (C=O) groups excluding carboxylic acids is 2. The van der Waals surface area contributed by atoms with Gasteiger partial charge in [0.2, 0.25) is 0 Å². The van der Waals surface area contributed by atoms with Crippen molar-refractivity contribution < 1.29 is 9.59 Å². The minimum atomic E-state index is -0.357. The Morgan fingerprint density at radius 3 is 1.53 bits per heavy atom. The third-order valence-corrected chi connectivity index (χ3v) is 6.14. The molecule has 6 heteroatoms. The number of carbonyl (C=O) groups is 2. The van der Waals surface area contributed by atoms with Crippen molar-refractivity contribution in [3.8, 4) is 12.1 Å². The Hall–Kier alpha value is -3.38. The second-order valence-corrected chi connectivity index (χ2v) is 8.63. The van der Waals surface area contributed by atoms with Crippen LogP contribution in [0.4, 0.5) is 0 Å². The lowest BCUT2D eigenvalue weighted by Crippen LogP contribution is -2.36. The van der Waals surface area contributed by atoms with Gasteiger partial charge in [0.1, 0.15) is 23.3 Å². The van der Waals surface area contributed by atoms with Gasteiger partial charge in [-0.3, -0.25) is 9.59 Å². The molecule has 1 aromatic carbocycles. The quantitative estimate of drug-likeness (QED) is 0.515. The van der Waals surface area contributed by atoms with Gasteiger partial charge in [-0.05, 0) is 55.0 Å². The molecule has 2 aliphatic rings. The highest BCUT2D eigenvalue weighted by Crippen LogP contribution is 2.20. The second-order valence-electron chi connectivity index (χ2n) is 8.63. The largest absolute Gasteiger partial charge is 0.349 e. The second kappa shape index (κ2) is 11.9. The summed E-state index contributed by atoms with van der Waals surface area (Å²) in [6.45, 7) is 0. The first-order chi connectivity index (χ1) is 15.6. The topological polar surface area (TPSA) is 106 Å². The van der Waals surface area contributed by atoms with Crippen LogP contribution in [0.2, 0.25) is 0 Å². The Morgan fingerprint density at radius 2 is 1.16 bits per heavy atom. The maximum atomic E-state index is 12.5. The summed E-state index contributed by atoms with van der Waals surface area (Å²) in [6.07, 6.45) is 13.7. The molecule has 0 spiro atoms. The van der Waals surface area contributed by atoms with Gasteiger partial charge >= 0.3 is 0 Å². The molecule has 0 bridgehead atoms. The molecule has 0 atom stereocenters. The normalized spacial score (nSPS) is 18.3. The van der Waals surface area contributed by atoms with Crippen molar-refractivity contribution in [3.05, 3.63) is 46.5 Å². The van der Waals surface area contributed by atoms with Gasteiger partial charge in [0.15, 0.2) is 0 Å². The summed E-state index contributed by atoms with van der Waals surface area (Å²) in [5.74, 6) is -0.713. The number of benzene rings is 1. The molecule has 2 N–H and O–H groups in total. The van der Waals surface area contributed by atoms with Gasteiger partial charge in [0, 0.05) is 12.1 Å². The van der Waals surface area contributed by atoms with E-state index in [4.69, 9.17) is 0 Å². The standard InChI is InChI=1S/C26H30N4O2/c27-17-21(25(31)29-23-10-3-1-4-11-23)15-19-8-7-9-20(14-19)16-22(18-28)26(32)30-24-12-5-2-6-13-24/h7-9,14-16,23-24H,1-6,10-13H2,(H,29,31)(H,30,32)/b21-15+,22-16+. The smallest absolute Gasteiger partial charge is 0.262 e. The van der Waals surface area contributed by atoms with E-state index in [1.54, 1.807) is 36.4 Å². The van der Waals surface area contributed by atoms with Crippen molar-refractivity contribution in [2.75, 3.05) is 0 Å². The zero-order valence-corrected chi connectivity index (χ0v) is 18.4. The summed E-state index contributed by atoms with van der Waals surface area (Å²) in [5.41, 5.74) is 1.43. The lowest BCUT2D eigenvalue weighted by Gasteiger charge is -2.22. The van der Waals surface area contributed by atoms with Gasteiger partial charge in [0.05, 0.1) is 0 Å². The Bertz CT molecular complexity index is 893. The Balaban J connectivity index is 1.70. The van der Waals surface area contributed by atoms with Crippen molar-refractivity contribution in [1.29, 1.82) is 10.5 Å². The van der Waals surface area contributed by atoms with Gasteiger partial charge < -0.3 is 10.6 Å². The van der Waals surface area contributed by atoms with Crippen molar-refractivity contribution in [2.45, 2.75) is 76.3 Å². The van der Waals surface area contributed by atoms with Gasteiger partial charge in [0.25, 0.3) is 11.8 Å². The molecule has 3 rings (SSSR count). The molecule has 0 unspecified atom stereocenters. The van der Waals surface area contributed by atoms with E-state index in [1.165, 1.54) is 12.8 Å². The van der Waals surface area contributed by atoms with E-state index in [-0.39, 0.29) is 35.0 Å². The summed E-state index contributed by atoms with van der Waals surface area (Å²) in [4.78, 5) is 25.0. The van der Waals surface area contributed by atoms with Gasteiger partial charge in [-0.15, -0.1) is 0 Å². The highest BCUT2D eigenvalue weighted by molar-refractivity contribution is 6.03. The highest BCUT2D eigenvalue weighted by atomic mass is 16.2. The molecule has 1 aromatic rings. The number of nitrogens with zero attached hydrogens (tertiary/aromatic N) is 2. The van der Waals surface area contributed by atoms with Crippen LogP contribution in [0.1, 0.15) is 75.3 Å². The van der Waals surface area contributed by atoms with Crippen LogP contribution in [0.5, 0.6) is 0 Å². The molecule has 2 aliphatic carbocycles. The summed E-state index contributed by atoms with van der Waals surface area (Å²) in [5, 5.41) is 24.9. The molecule has 0 radical (unpaired) electrons. The van der Waals surface area contributed by atoms with Gasteiger partial charge in [-0.1, -0.05) is 56.7 Å². The molecule has 6 nitrogen and oxygen atoms in total. The van der Waals surface area contributed by atoms with Crippen LogP contribution in [0.15, 0.2) is 35.4 Å². The fourth-order valence-corrected chi connectivity index (χ4v) is 4.39. The maximum absolute atomic E-state index is 12.5. The summed E-state index contributed by atoms with van der Waals surface area (Å²) in [6, 6.07) is 11.4. The maximum Gasteiger partial charge on any atom is 0.262 e. The lowest BCUT2D eigenvalue weighted by atomic mass is 9.95. The van der Waals surface area contributed by atoms with Crippen LogP contribution >= 0.6 is 0 Å². The number of amides is 2. The number of nitriles is 2. The van der Waals surface area contributed by atoms with Crippen LogP contribution in [0, 0.1) is 22.7 Å². The number of rotatable bonds is 6. The Morgan fingerprint density at radius 1 is 0.750 bits per heavy atom. The molecule has 32 heavy (non-hydrogen) atoms. The number of hydrogen-bond acceptors (Lipinski definition) is 4. The zero-order chi connectivity index (χ0) is 22.8. The first-order valence-electron chi connectivity index (χ1n) is 11.5. The van der Waals surface area contributed by atoms with Crippen LogP contribution < -0.4 is 10.6 Å². The van der Waals surface area contributed by atoms with E-state index in [0.29, 0.717) is 11.1 Å². The van der Waals surface area contributed by atoms with Gasteiger partial charge in [-0.2, -0.15) is 10.5 Å². The van der Waals surface area contributed by atoms with Crippen LogP contribution in [-0.2, 0) is 9.59 Å². The van der Waals surface area contributed by atoms with Crippen LogP contribution in [0.3, 0.4) is 0 Å². The zero-order valence-electron chi connectivity index (χ0n) is 18.4. The van der Waals surface area contributed by atoms with Crippen LogP contribution in [0.25, 0.3) is 12.2 Å². The van der Waals surface area contributed by atoms with E-state index >= 15 is 0 Å². The molecule has 2 amide bonds. The first-order valence-corrected chi connectivity index (χ1v) is 11.5. The predicted octanol–water partition coefficient (Wildman–Crippen LogP) is 4.40. The Labute approximate surface area is 190 Å². The fourth-order valence-electron chi connectivity index (χ4n) is 4.39. The van der Waals surface area contributed by atoms with E-state index in [9.17, 15) is 20.1 Å². The lowest BCUT2D eigenvalue weighted by molar-refractivity contribution is -0.118. The molecule has 0 aromatic heterocycles. The SMILES string of the molecule is N#C/C(=C\c1cccc(/C=C(\C#N)C(=O)NC2CCCCC2)c1)C(=O)NC1CCCCC1. The molecule has 0 heterocycles. The average molecular weight is 431 g/mol. The third-order valence-electron chi connectivity index (χ3n) is 6.14.